The number of aromatic nitrogens is 3. The predicted molar refractivity (Wildman–Crippen MR) is 121 cm³/mol. The summed E-state index contributed by atoms with van der Waals surface area (Å²) in [5, 5.41) is 3.18. The molecule has 1 aliphatic rings. The third-order valence-corrected chi connectivity index (χ3v) is 7.42. The first-order chi connectivity index (χ1) is 14.8. The van der Waals surface area contributed by atoms with Gasteiger partial charge in [-0.2, -0.15) is 9.29 Å². The van der Waals surface area contributed by atoms with Gasteiger partial charge in [-0.1, -0.05) is 17.7 Å². The number of hydrogen-bond acceptors (Lipinski definition) is 6. The van der Waals surface area contributed by atoms with Crippen LogP contribution in [0.15, 0.2) is 45.7 Å². The van der Waals surface area contributed by atoms with Gasteiger partial charge in [0.2, 0.25) is 14.8 Å². The van der Waals surface area contributed by atoms with E-state index in [0.29, 0.717) is 48.3 Å². The number of furan rings is 1. The minimum absolute atomic E-state index is 0.338. The summed E-state index contributed by atoms with van der Waals surface area (Å²) in [5.41, 5.74) is 1.04. The van der Waals surface area contributed by atoms with Gasteiger partial charge in [-0.25, -0.2) is 13.1 Å². The SMILES string of the molecule is Cc1ccc(S(=O)(=O)N2CCN(Cn3[nH]c(/C=C/c4ccc(C)o4)nc3=S)CC2)cc1. The normalized spacial score (nSPS) is 16.3. The number of benzene rings is 1. The zero-order valence-corrected chi connectivity index (χ0v) is 19.1. The molecular formula is C21H25N5O3S2. The molecule has 3 heterocycles. The molecule has 0 bridgehead atoms. The van der Waals surface area contributed by atoms with E-state index in [1.165, 1.54) is 0 Å². The molecular weight excluding hydrogens is 434 g/mol. The number of nitrogens with one attached hydrogen (secondary N) is 1. The van der Waals surface area contributed by atoms with Gasteiger partial charge in [0.15, 0.2) is 0 Å². The standard InChI is InChI=1S/C21H25N5O3S2/c1-16-3-8-19(9-4-16)31(27,28)25-13-11-24(12-14-25)15-26-21(30)22-20(23-26)10-7-18-6-5-17(2)29-18/h3-10H,11-15H2,1-2H3,(H,22,23,30)/b10-7+. The summed E-state index contributed by atoms with van der Waals surface area (Å²) < 4.78 is 35.0. The van der Waals surface area contributed by atoms with E-state index in [-0.39, 0.29) is 0 Å². The third-order valence-electron chi connectivity index (χ3n) is 5.19. The largest absolute Gasteiger partial charge is 0.462 e. The molecule has 0 aliphatic carbocycles. The van der Waals surface area contributed by atoms with Crippen LogP contribution in [0.2, 0.25) is 0 Å². The van der Waals surface area contributed by atoms with Crippen molar-refractivity contribution >= 4 is 34.4 Å². The van der Waals surface area contributed by atoms with Gasteiger partial charge in [0, 0.05) is 26.2 Å². The molecule has 4 rings (SSSR count). The average Bonchev–Trinajstić information content (AvgIpc) is 3.32. The Hall–Kier alpha value is -2.53. The lowest BCUT2D eigenvalue weighted by molar-refractivity contribution is 0.145. The fraction of sp³-hybridized carbons (Fsp3) is 0.333. The minimum Gasteiger partial charge on any atom is -0.462 e. The molecule has 0 spiro atoms. The van der Waals surface area contributed by atoms with Crippen molar-refractivity contribution in [1.82, 2.24) is 24.0 Å². The van der Waals surface area contributed by atoms with Gasteiger partial charge in [-0.3, -0.25) is 10.00 Å². The van der Waals surface area contributed by atoms with Crippen molar-refractivity contribution in [3.8, 4) is 0 Å². The highest BCUT2D eigenvalue weighted by molar-refractivity contribution is 7.89. The maximum atomic E-state index is 12.9. The van der Waals surface area contributed by atoms with Crippen LogP contribution < -0.4 is 0 Å². The van der Waals surface area contributed by atoms with Crippen LogP contribution in [0.4, 0.5) is 0 Å². The number of aromatic amines is 1. The second kappa shape index (κ2) is 8.91. The second-order valence-corrected chi connectivity index (χ2v) is 9.88. The number of sulfonamides is 1. The minimum atomic E-state index is -3.47. The highest BCUT2D eigenvalue weighted by Crippen LogP contribution is 2.18. The van der Waals surface area contributed by atoms with E-state index in [4.69, 9.17) is 16.6 Å². The van der Waals surface area contributed by atoms with Gasteiger partial charge in [0.05, 0.1) is 11.6 Å². The highest BCUT2D eigenvalue weighted by atomic mass is 32.2. The Morgan fingerprint density at radius 3 is 2.42 bits per heavy atom. The lowest BCUT2D eigenvalue weighted by atomic mass is 10.2. The van der Waals surface area contributed by atoms with E-state index in [1.807, 2.05) is 50.3 Å². The van der Waals surface area contributed by atoms with Crippen molar-refractivity contribution in [3.63, 3.8) is 0 Å². The highest BCUT2D eigenvalue weighted by Gasteiger charge is 2.28. The van der Waals surface area contributed by atoms with Crippen molar-refractivity contribution in [2.45, 2.75) is 25.4 Å². The van der Waals surface area contributed by atoms with Gasteiger partial charge in [-0.05, 0) is 62.5 Å². The van der Waals surface area contributed by atoms with E-state index < -0.39 is 10.0 Å². The number of piperazine rings is 1. The second-order valence-electron chi connectivity index (χ2n) is 7.58. The lowest BCUT2D eigenvalue weighted by Gasteiger charge is -2.33. The Morgan fingerprint density at radius 2 is 1.77 bits per heavy atom. The molecule has 1 aromatic carbocycles. The Morgan fingerprint density at radius 1 is 1.06 bits per heavy atom. The molecule has 1 saturated heterocycles. The molecule has 1 fully saturated rings. The smallest absolute Gasteiger partial charge is 0.243 e. The molecule has 0 radical (unpaired) electrons. The van der Waals surface area contributed by atoms with E-state index >= 15 is 0 Å². The zero-order chi connectivity index (χ0) is 22.0. The molecule has 0 amide bonds. The summed E-state index contributed by atoms with van der Waals surface area (Å²) in [6.45, 7) is 6.45. The first-order valence-electron chi connectivity index (χ1n) is 10.0. The Bertz CT molecular complexity index is 1230. The lowest BCUT2D eigenvalue weighted by Crippen LogP contribution is -2.48. The molecule has 8 nitrogen and oxygen atoms in total. The molecule has 31 heavy (non-hydrogen) atoms. The van der Waals surface area contributed by atoms with Crippen LogP contribution in [0.5, 0.6) is 0 Å². The Kier molecular flexibility index (Phi) is 6.24. The van der Waals surface area contributed by atoms with Gasteiger partial charge in [-0.15, -0.1) is 0 Å². The molecule has 2 aromatic heterocycles. The number of aryl methyl sites for hydroxylation is 2. The zero-order valence-electron chi connectivity index (χ0n) is 17.5. The summed E-state index contributed by atoms with van der Waals surface area (Å²) in [7, 11) is -3.47. The van der Waals surface area contributed by atoms with Crippen molar-refractivity contribution in [1.29, 1.82) is 0 Å². The summed E-state index contributed by atoms with van der Waals surface area (Å²) in [5.74, 6) is 2.23. The van der Waals surface area contributed by atoms with Gasteiger partial charge in [0.25, 0.3) is 0 Å². The van der Waals surface area contributed by atoms with Crippen molar-refractivity contribution in [2.24, 2.45) is 0 Å². The van der Waals surface area contributed by atoms with Gasteiger partial charge in [0.1, 0.15) is 17.3 Å². The van der Waals surface area contributed by atoms with Gasteiger partial charge >= 0.3 is 0 Å². The molecule has 0 atom stereocenters. The molecule has 0 saturated carbocycles. The first-order valence-corrected chi connectivity index (χ1v) is 11.9. The molecule has 10 heteroatoms. The van der Waals surface area contributed by atoms with Crippen LogP contribution in [-0.4, -0.2) is 58.6 Å². The average molecular weight is 460 g/mol. The van der Waals surface area contributed by atoms with E-state index in [9.17, 15) is 8.42 Å². The van der Waals surface area contributed by atoms with E-state index in [1.54, 1.807) is 21.1 Å². The summed E-state index contributed by atoms with van der Waals surface area (Å²) >= 11 is 5.36. The Balaban J connectivity index is 1.37. The number of hydrogen-bond donors (Lipinski definition) is 1. The van der Waals surface area contributed by atoms with E-state index in [2.05, 4.69) is 15.0 Å². The van der Waals surface area contributed by atoms with Crippen molar-refractivity contribution in [3.05, 3.63) is 64.1 Å². The fourth-order valence-electron chi connectivity index (χ4n) is 3.42. The van der Waals surface area contributed by atoms with Crippen LogP contribution in [0.1, 0.15) is 22.9 Å². The van der Waals surface area contributed by atoms with Crippen LogP contribution in [0.25, 0.3) is 12.2 Å². The van der Waals surface area contributed by atoms with Crippen molar-refractivity contribution in [2.75, 3.05) is 26.2 Å². The van der Waals surface area contributed by atoms with E-state index in [0.717, 1.165) is 17.1 Å². The summed E-state index contributed by atoms with van der Waals surface area (Å²) in [6, 6.07) is 10.8. The first kappa shape index (κ1) is 21.7. The quantitative estimate of drug-likeness (QED) is 0.569. The fourth-order valence-corrected chi connectivity index (χ4v) is 5.04. The van der Waals surface area contributed by atoms with Crippen molar-refractivity contribution < 1.29 is 12.8 Å². The number of rotatable bonds is 6. The molecule has 164 valence electrons. The van der Waals surface area contributed by atoms with Gasteiger partial charge < -0.3 is 4.42 Å². The predicted octanol–water partition coefficient (Wildman–Crippen LogP) is 3.28. The molecule has 0 unspecified atom stereocenters. The molecule has 3 aromatic rings. The topological polar surface area (TPSA) is 87.4 Å². The molecule has 1 aliphatic heterocycles. The van der Waals surface area contributed by atoms with Crippen LogP contribution >= 0.6 is 12.2 Å². The monoisotopic (exact) mass is 459 g/mol. The molecule has 1 N–H and O–H groups in total. The summed E-state index contributed by atoms with van der Waals surface area (Å²) in [6.07, 6.45) is 3.65. The Labute approximate surface area is 186 Å². The maximum Gasteiger partial charge on any atom is 0.243 e. The van der Waals surface area contributed by atoms with Crippen LogP contribution in [0, 0.1) is 18.6 Å². The van der Waals surface area contributed by atoms with Crippen LogP contribution in [-0.2, 0) is 16.7 Å². The maximum absolute atomic E-state index is 12.9. The number of nitrogens with zero attached hydrogens (tertiary/aromatic N) is 4. The number of H-pyrrole nitrogens is 1. The third kappa shape index (κ3) is 5.04. The van der Waals surface area contributed by atoms with Crippen LogP contribution in [0.3, 0.4) is 0 Å². The summed E-state index contributed by atoms with van der Waals surface area (Å²) in [4.78, 5) is 6.85.